The van der Waals surface area contributed by atoms with Gasteiger partial charge < -0.3 is 10.4 Å². The highest BCUT2D eigenvalue weighted by molar-refractivity contribution is 8.06. The van der Waals surface area contributed by atoms with Crippen molar-refractivity contribution in [1.82, 2.24) is 0 Å². The van der Waals surface area contributed by atoms with Gasteiger partial charge in [-0.25, -0.2) is 9.18 Å². The molecule has 1 aliphatic rings. The molecule has 1 aromatic carbocycles. The molecule has 1 atom stereocenters. The number of anilines is 1. The van der Waals surface area contributed by atoms with Crippen LogP contribution in [-0.2, 0) is 0 Å². The monoisotopic (exact) mass is 332 g/mol. The Balaban J connectivity index is 2.20. The molecule has 1 aliphatic heterocycles. The molecule has 0 spiro atoms. The molecule has 0 aromatic heterocycles. The van der Waals surface area contributed by atoms with Gasteiger partial charge in [-0.15, -0.1) is 0 Å². The average molecular weight is 332 g/mol. The molecule has 2 rings (SSSR count). The number of halogens is 1. The van der Waals surface area contributed by atoms with Crippen LogP contribution in [0.4, 0.5) is 15.8 Å². The van der Waals surface area contributed by atoms with E-state index in [2.05, 4.69) is 5.32 Å². The van der Waals surface area contributed by atoms with Crippen LogP contribution in [0.3, 0.4) is 0 Å². The lowest BCUT2D eigenvalue weighted by Gasteiger charge is -2.21. The molecule has 21 heavy (non-hydrogen) atoms. The Kier molecular flexibility index (Phi) is 5.29. The second kappa shape index (κ2) is 6.99. The van der Waals surface area contributed by atoms with Crippen LogP contribution in [0.2, 0.25) is 0 Å². The summed E-state index contributed by atoms with van der Waals surface area (Å²) in [5.74, 6) is 0.470. The summed E-state index contributed by atoms with van der Waals surface area (Å²) < 4.78 is 13.5. The lowest BCUT2D eigenvalue weighted by atomic mass is 10.1. The second-order valence-corrected chi connectivity index (χ2v) is 6.92. The lowest BCUT2D eigenvalue weighted by Crippen LogP contribution is -2.23. The summed E-state index contributed by atoms with van der Waals surface area (Å²) in [6.07, 6.45) is 0. The molecule has 6 nitrogen and oxygen atoms in total. The van der Waals surface area contributed by atoms with E-state index >= 15 is 0 Å². The Morgan fingerprint density at radius 3 is 2.86 bits per heavy atom. The van der Waals surface area contributed by atoms with Gasteiger partial charge in [-0.2, -0.15) is 23.5 Å². The summed E-state index contributed by atoms with van der Waals surface area (Å²) in [5, 5.41) is 23.0. The largest absolute Gasteiger partial charge is 0.478 e. The van der Waals surface area contributed by atoms with E-state index in [9.17, 15) is 19.3 Å². The van der Waals surface area contributed by atoms with Gasteiger partial charge in [-0.1, -0.05) is 0 Å². The summed E-state index contributed by atoms with van der Waals surface area (Å²) in [6, 6.07) is 1.63. The minimum absolute atomic E-state index is 0.0370. The fourth-order valence-electron chi connectivity index (χ4n) is 1.90. The summed E-state index contributed by atoms with van der Waals surface area (Å²) in [5.41, 5.74) is -0.991. The summed E-state index contributed by atoms with van der Waals surface area (Å²) in [7, 11) is 0. The van der Waals surface area contributed by atoms with Gasteiger partial charge in [0.25, 0.3) is 5.69 Å². The number of rotatable bonds is 5. The van der Waals surface area contributed by atoms with Gasteiger partial charge in [-0.3, -0.25) is 10.1 Å². The van der Waals surface area contributed by atoms with Crippen LogP contribution in [-0.4, -0.2) is 45.1 Å². The molecule has 0 aliphatic carbocycles. The highest BCUT2D eigenvalue weighted by Gasteiger charge is 2.22. The van der Waals surface area contributed by atoms with Gasteiger partial charge in [0.2, 0.25) is 0 Å². The Hall–Kier alpha value is -1.48. The molecule has 1 heterocycles. The average Bonchev–Trinajstić information content (AvgIpc) is 2.46. The predicted octanol–water partition coefficient (Wildman–Crippen LogP) is 2.69. The molecule has 2 N–H and O–H groups in total. The maximum atomic E-state index is 13.5. The molecule has 1 unspecified atom stereocenters. The minimum Gasteiger partial charge on any atom is -0.478 e. The third-order valence-corrected chi connectivity index (χ3v) is 5.76. The lowest BCUT2D eigenvalue weighted by molar-refractivity contribution is -0.384. The SMILES string of the molecule is O=C(O)c1cc(NCC2CSCCS2)c([N+](=O)[O-])cc1F. The number of carboxylic acid groups (broad SMARTS) is 1. The van der Waals surface area contributed by atoms with E-state index in [1.807, 2.05) is 11.8 Å². The van der Waals surface area contributed by atoms with Gasteiger partial charge in [-0.05, 0) is 6.07 Å². The first-order chi connectivity index (χ1) is 9.99. The Labute approximate surface area is 128 Å². The molecule has 0 saturated carbocycles. The normalized spacial score (nSPS) is 18.2. The summed E-state index contributed by atoms with van der Waals surface area (Å²) in [4.78, 5) is 21.1. The summed E-state index contributed by atoms with van der Waals surface area (Å²) in [6.45, 7) is 0.475. The van der Waals surface area contributed by atoms with Crippen molar-refractivity contribution in [2.75, 3.05) is 29.1 Å². The predicted molar refractivity (Wildman–Crippen MR) is 82.1 cm³/mol. The van der Waals surface area contributed by atoms with Crippen LogP contribution in [0, 0.1) is 15.9 Å². The number of nitrogens with zero attached hydrogens (tertiary/aromatic N) is 1. The number of nitro groups is 1. The number of hydrogen-bond acceptors (Lipinski definition) is 6. The second-order valence-electron chi connectivity index (χ2n) is 4.36. The molecular weight excluding hydrogens is 319 g/mol. The number of carboxylic acids is 1. The van der Waals surface area contributed by atoms with Gasteiger partial charge in [0.05, 0.1) is 16.6 Å². The van der Waals surface area contributed by atoms with Crippen LogP contribution in [0.15, 0.2) is 12.1 Å². The maximum absolute atomic E-state index is 13.5. The van der Waals surface area contributed by atoms with Crippen LogP contribution in [0.5, 0.6) is 0 Å². The first kappa shape index (κ1) is 15.9. The molecule has 114 valence electrons. The number of nitrogens with one attached hydrogen (secondary N) is 1. The zero-order chi connectivity index (χ0) is 15.4. The van der Waals surface area contributed by atoms with E-state index in [0.717, 1.165) is 23.3 Å². The highest BCUT2D eigenvalue weighted by atomic mass is 32.2. The number of aromatic carboxylic acids is 1. The topological polar surface area (TPSA) is 92.5 Å². The van der Waals surface area contributed by atoms with Crippen molar-refractivity contribution in [3.63, 3.8) is 0 Å². The molecule has 1 saturated heterocycles. The van der Waals surface area contributed by atoms with Gasteiger partial charge >= 0.3 is 5.97 Å². The summed E-state index contributed by atoms with van der Waals surface area (Å²) >= 11 is 3.58. The number of benzene rings is 1. The number of thioether (sulfide) groups is 2. The number of nitro benzene ring substituents is 1. The zero-order valence-electron chi connectivity index (χ0n) is 10.9. The van der Waals surface area contributed by atoms with Crippen molar-refractivity contribution >= 4 is 40.9 Å². The molecule has 9 heteroatoms. The van der Waals surface area contributed by atoms with Crippen molar-refractivity contribution < 1.29 is 19.2 Å². The molecule has 1 fully saturated rings. The Morgan fingerprint density at radius 2 is 2.29 bits per heavy atom. The van der Waals surface area contributed by atoms with Crippen molar-refractivity contribution in [2.45, 2.75) is 5.25 Å². The van der Waals surface area contributed by atoms with Crippen LogP contribution < -0.4 is 5.32 Å². The van der Waals surface area contributed by atoms with Crippen LogP contribution in [0.1, 0.15) is 10.4 Å². The first-order valence-corrected chi connectivity index (χ1v) is 8.34. The minimum atomic E-state index is -1.45. The van der Waals surface area contributed by atoms with Crippen molar-refractivity contribution in [1.29, 1.82) is 0 Å². The van der Waals surface area contributed by atoms with E-state index in [0.29, 0.717) is 17.9 Å². The Morgan fingerprint density at radius 1 is 1.52 bits per heavy atom. The maximum Gasteiger partial charge on any atom is 0.338 e. The van der Waals surface area contributed by atoms with E-state index in [1.54, 1.807) is 11.8 Å². The van der Waals surface area contributed by atoms with Crippen LogP contribution >= 0.6 is 23.5 Å². The highest BCUT2D eigenvalue weighted by Crippen LogP contribution is 2.30. The number of carbonyl (C=O) groups is 1. The van der Waals surface area contributed by atoms with E-state index in [-0.39, 0.29) is 5.69 Å². The van der Waals surface area contributed by atoms with E-state index in [1.165, 1.54) is 0 Å². The third kappa shape index (κ3) is 4.01. The quantitative estimate of drug-likeness (QED) is 0.632. The van der Waals surface area contributed by atoms with E-state index < -0.39 is 28.0 Å². The van der Waals surface area contributed by atoms with Crippen molar-refractivity contribution in [2.24, 2.45) is 0 Å². The number of hydrogen-bond donors (Lipinski definition) is 2. The van der Waals surface area contributed by atoms with Crippen LogP contribution in [0.25, 0.3) is 0 Å². The van der Waals surface area contributed by atoms with E-state index in [4.69, 9.17) is 5.11 Å². The van der Waals surface area contributed by atoms with Gasteiger partial charge in [0, 0.05) is 29.1 Å². The standard InChI is InChI=1S/C12H13FN2O4S2/c13-9-4-11(15(18)19)10(3-8(9)12(16)17)14-5-7-6-20-1-2-21-7/h3-4,7,14H,1-2,5-6H2,(H,16,17). The van der Waals surface area contributed by atoms with Crippen molar-refractivity contribution in [3.05, 3.63) is 33.6 Å². The molecule has 0 amide bonds. The van der Waals surface area contributed by atoms with Crippen molar-refractivity contribution in [3.8, 4) is 0 Å². The van der Waals surface area contributed by atoms with Gasteiger partial charge in [0.1, 0.15) is 11.5 Å². The molecule has 1 aromatic rings. The Bertz CT molecular complexity index is 564. The molecule has 0 radical (unpaired) electrons. The fraction of sp³-hybridized carbons (Fsp3) is 0.417. The molecule has 0 bridgehead atoms. The van der Waals surface area contributed by atoms with Gasteiger partial charge in [0.15, 0.2) is 0 Å². The molecular formula is C12H13FN2O4S2. The third-order valence-electron chi connectivity index (χ3n) is 2.92. The fourth-order valence-corrected chi connectivity index (χ4v) is 4.51. The smallest absolute Gasteiger partial charge is 0.338 e. The first-order valence-electron chi connectivity index (χ1n) is 6.13. The zero-order valence-corrected chi connectivity index (χ0v) is 12.5.